The molecule has 0 radical (unpaired) electrons. The minimum Gasteiger partial charge on any atom is -0.484 e. The van der Waals surface area contributed by atoms with Crippen LogP contribution in [0.1, 0.15) is 5.89 Å². The first kappa shape index (κ1) is 20.0. The molecule has 0 bridgehead atoms. The van der Waals surface area contributed by atoms with Crippen LogP contribution in [0.25, 0.3) is 11.3 Å². The fourth-order valence-corrected chi connectivity index (χ4v) is 3.97. The third-order valence-electron chi connectivity index (χ3n) is 4.15. The van der Waals surface area contributed by atoms with Crippen molar-refractivity contribution in [1.82, 2.24) is 4.98 Å². The largest absolute Gasteiger partial charge is 0.484 e. The van der Waals surface area contributed by atoms with E-state index in [9.17, 15) is 8.42 Å². The summed E-state index contributed by atoms with van der Waals surface area (Å²) in [6, 6.07) is 24.1. The van der Waals surface area contributed by atoms with Crippen LogP contribution >= 0.6 is 11.6 Å². The normalized spacial score (nSPS) is 11.2. The molecule has 1 heterocycles. The second-order valence-corrected chi connectivity index (χ2v) is 8.43. The minimum absolute atomic E-state index is 0.00718. The number of hydrogen-bond acceptors (Lipinski definition) is 5. The van der Waals surface area contributed by atoms with Crippen LogP contribution < -0.4 is 9.46 Å². The molecule has 30 heavy (non-hydrogen) atoms. The van der Waals surface area contributed by atoms with Crippen LogP contribution in [0.15, 0.2) is 94.2 Å². The molecule has 0 aliphatic rings. The van der Waals surface area contributed by atoms with Crippen molar-refractivity contribution < 1.29 is 17.6 Å². The molecule has 0 saturated carbocycles. The van der Waals surface area contributed by atoms with Crippen LogP contribution in [-0.2, 0) is 16.6 Å². The third kappa shape index (κ3) is 4.64. The SMILES string of the molecule is O=S(=O)(Nc1nc(COc2cccc(Cl)c2)oc1-c1ccccc1)c1ccccc1. The number of sulfonamides is 1. The van der Waals surface area contributed by atoms with Crippen molar-refractivity contribution in [3.8, 4) is 17.1 Å². The van der Waals surface area contributed by atoms with E-state index in [-0.39, 0.29) is 23.2 Å². The van der Waals surface area contributed by atoms with Gasteiger partial charge in [0, 0.05) is 10.6 Å². The number of halogens is 1. The Morgan fingerprint density at radius 1 is 0.933 bits per heavy atom. The van der Waals surface area contributed by atoms with E-state index in [1.807, 2.05) is 30.3 Å². The van der Waals surface area contributed by atoms with E-state index >= 15 is 0 Å². The van der Waals surface area contributed by atoms with Gasteiger partial charge in [0.15, 0.2) is 18.2 Å². The van der Waals surface area contributed by atoms with Gasteiger partial charge in [-0.25, -0.2) is 8.42 Å². The number of nitrogens with zero attached hydrogens (tertiary/aromatic N) is 1. The van der Waals surface area contributed by atoms with Crippen LogP contribution in [0.2, 0.25) is 5.02 Å². The molecule has 152 valence electrons. The zero-order chi connectivity index (χ0) is 21.0. The monoisotopic (exact) mass is 440 g/mol. The zero-order valence-electron chi connectivity index (χ0n) is 15.7. The van der Waals surface area contributed by atoms with Crippen molar-refractivity contribution in [2.24, 2.45) is 0 Å². The second kappa shape index (κ2) is 8.61. The molecule has 6 nitrogen and oxygen atoms in total. The Hall–Kier alpha value is -3.29. The van der Waals surface area contributed by atoms with Gasteiger partial charge in [-0.15, -0.1) is 0 Å². The average Bonchev–Trinajstić information content (AvgIpc) is 3.15. The topological polar surface area (TPSA) is 81.4 Å². The molecule has 0 saturated heterocycles. The lowest BCUT2D eigenvalue weighted by Gasteiger charge is -2.06. The summed E-state index contributed by atoms with van der Waals surface area (Å²) in [5, 5.41) is 0.543. The standard InChI is InChI=1S/C22H17ClN2O4S/c23-17-10-7-11-18(14-17)28-15-20-24-22(21(29-20)16-8-3-1-4-9-16)25-30(26,27)19-12-5-2-6-13-19/h1-14,25H,15H2. The summed E-state index contributed by atoms with van der Waals surface area (Å²) in [4.78, 5) is 4.45. The molecule has 0 spiro atoms. The number of aromatic nitrogens is 1. The number of hydrogen-bond donors (Lipinski definition) is 1. The maximum atomic E-state index is 12.8. The summed E-state index contributed by atoms with van der Waals surface area (Å²) in [5.41, 5.74) is 0.685. The smallest absolute Gasteiger partial charge is 0.263 e. The van der Waals surface area contributed by atoms with Crippen LogP contribution in [0.5, 0.6) is 5.75 Å². The average molecular weight is 441 g/mol. The second-order valence-electron chi connectivity index (χ2n) is 6.32. The third-order valence-corrected chi connectivity index (χ3v) is 5.74. The van der Waals surface area contributed by atoms with Crippen molar-refractivity contribution in [2.75, 3.05) is 4.72 Å². The van der Waals surface area contributed by atoms with E-state index in [1.54, 1.807) is 42.5 Å². The molecule has 0 aliphatic carbocycles. The van der Waals surface area contributed by atoms with Gasteiger partial charge in [0.05, 0.1) is 4.90 Å². The van der Waals surface area contributed by atoms with Crippen molar-refractivity contribution in [1.29, 1.82) is 0 Å². The molecule has 0 unspecified atom stereocenters. The number of ether oxygens (including phenoxy) is 1. The van der Waals surface area contributed by atoms with E-state index < -0.39 is 10.0 Å². The van der Waals surface area contributed by atoms with Gasteiger partial charge in [0.25, 0.3) is 10.0 Å². The van der Waals surface area contributed by atoms with Crippen molar-refractivity contribution in [3.05, 3.63) is 95.8 Å². The van der Waals surface area contributed by atoms with E-state index in [2.05, 4.69) is 9.71 Å². The highest BCUT2D eigenvalue weighted by atomic mass is 35.5. The lowest BCUT2D eigenvalue weighted by atomic mass is 10.2. The van der Waals surface area contributed by atoms with Gasteiger partial charge < -0.3 is 9.15 Å². The number of benzene rings is 3. The predicted octanol–water partition coefficient (Wildman–Crippen LogP) is 5.37. The first-order valence-corrected chi connectivity index (χ1v) is 10.9. The predicted molar refractivity (Wildman–Crippen MR) is 115 cm³/mol. The van der Waals surface area contributed by atoms with Crippen LogP contribution in [-0.4, -0.2) is 13.4 Å². The molecule has 1 aromatic heterocycles. The Kier molecular flexibility index (Phi) is 5.74. The lowest BCUT2D eigenvalue weighted by Crippen LogP contribution is -2.13. The molecule has 4 aromatic rings. The Bertz CT molecular complexity index is 1240. The highest BCUT2D eigenvalue weighted by Gasteiger charge is 2.22. The van der Waals surface area contributed by atoms with Crippen molar-refractivity contribution >= 4 is 27.4 Å². The fourth-order valence-electron chi connectivity index (χ4n) is 2.77. The van der Waals surface area contributed by atoms with Gasteiger partial charge in [-0.1, -0.05) is 66.2 Å². The van der Waals surface area contributed by atoms with Crippen LogP contribution in [0.3, 0.4) is 0 Å². The molecule has 0 amide bonds. The number of rotatable bonds is 7. The molecular formula is C22H17ClN2O4S. The summed E-state index contributed by atoms with van der Waals surface area (Å²) in [6.45, 7) is 0.00718. The van der Waals surface area contributed by atoms with Gasteiger partial charge in [-0.3, -0.25) is 4.72 Å². The fraction of sp³-hybridized carbons (Fsp3) is 0.0455. The Morgan fingerprint density at radius 3 is 2.33 bits per heavy atom. The summed E-state index contributed by atoms with van der Waals surface area (Å²) in [7, 11) is -3.83. The molecule has 1 N–H and O–H groups in total. The van der Waals surface area contributed by atoms with Crippen molar-refractivity contribution in [3.63, 3.8) is 0 Å². The number of anilines is 1. The maximum absolute atomic E-state index is 12.8. The molecule has 0 atom stereocenters. The summed E-state index contributed by atoms with van der Waals surface area (Å²) in [5.74, 6) is 1.17. The van der Waals surface area contributed by atoms with Gasteiger partial charge >= 0.3 is 0 Å². The number of oxazole rings is 1. The first-order valence-electron chi connectivity index (χ1n) is 9.03. The van der Waals surface area contributed by atoms with E-state index in [0.29, 0.717) is 22.1 Å². The van der Waals surface area contributed by atoms with Crippen molar-refractivity contribution in [2.45, 2.75) is 11.5 Å². The van der Waals surface area contributed by atoms with Crippen LogP contribution in [0, 0.1) is 0 Å². The minimum atomic E-state index is -3.83. The number of nitrogens with one attached hydrogen (secondary N) is 1. The van der Waals surface area contributed by atoms with Gasteiger partial charge in [0.1, 0.15) is 5.75 Å². The molecule has 8 heteroatoms. The molecular weight excluding hydrogens is 424 g/mol. The maximum Gasteiger partial charge on any atom is 0.263 e. The Labute approximate surface area is 179 Å². The quantitative estimate of drug-likeness (QED) is 0.417. The van der Waals surface area contributed by atoms with Gasteiger partial charge in [-0.05, 0) is 30.3 Å². The highest BCUT2D eigenvalue weighted by molar-refractivity contribution is 7.92. The van der Waals surface area contributed by atoms with Gasteiger partial charge in [-0.2, -0.15) is 4.98 Å². The summed E-state index contributed by atoms with van der Waals surface area (Å²) in [6.07, 6.45) is 0. The summed E-state index contributed by atoms with van der Waals surface area (Å²) >= 11 is 5.97. The molecule has 3 aromatic carbocycles. The Balaban J connectivity index is 1.64. The van der Waals surface area contributed by atoms with Gasteiger partial charge in [0.2, 0.25) is 5.89 Å². The summed E-state index contributed by atoms with van der Waals surface area (Å²) < 4.78 is 39.6. The molecule has 0 fully saturated rings. The molecule has 0 aliphatic heterocycles. The van der Waals surface area contributed by atoms with Crippen LogP contribution in [0.4, 0.5) is 5.82 Å². The lowest BCUT2D eigenvalue weighted by molar-refractivity contribution is 0.264. The first-order chi connectivity index (χ1) is 14.5. The zero-order valence-corrected chi connectivity index (χ0v) is 17.2. The van der Waals surface area contributed by atoms with E-state index in [4.69, 9.17) is 20.8 Å². The molecule has 4 rings (SSSR count). The van der Waals surface area contributed by atoms with E-state index in [1.165, 1.54) is 12.1 Å². The Morgan fingerprint density at radius 2 is 1.63 bits per heavy atom. The van der Waals surface area contributed by atoms with E-state index in [0.717, 1.165) is 0 Å². The highest BCUT2D eigenvalue weighted by Crippen LogP contribution is 2.31.